The van der Waals surface area contributed by atoms with Crippen LogP contribution in [0.2, 0.25) is 0 Å². The van der Waals surface area contributed by atoms with E-state index < -0.39 is 6.36 Å². The number of nitrogens with one attached hydrogen (secondary N) is 1. The summed E-state index contributed by atoms with van der Waals surface area (Å²) in [5.41, 5.74) is 0.554. The summed E-state index contributed by atoms with van der Waals surface area (Å²) in [5, 5.41) is 4.02. The minimum atomic E-state index is -4.68. The lowest BCUT2D eigenvalue weighted by Gasteiger charge is -2.25. The molecule has 1 aromatic heterocycles. The molecule has 0 fully saturated rings. The third-order valence-corrected chi connectivity index (χ3v) is 3.85. The Morgan fingerprint density at radius 2 is 2.00 bits per heavy atom. The second-order valence-electron chi connectivity index (χ2n) is 5.46. The molecule has 0 unspecified atom stereocenters. The van der Waals surface area contributed by atoms with E-state index in [1.54, 1.807) is 0 Å². The topological polar surface area (TPSA) is 34.2 Å². The molecule has 116 valence electrons. The summed E-state index contributed by atoms with van der Waals surface area (Å²) >= 11 is 1.32. The van der Waals surface area contributed by atoms with E-state index in [0.717, 1.165) is 12.8 Å². The lowest BCUT2D eigenvalue weighted by molar-refractivity contribution is -0.274. The highest BCUT2D eigenvalue weighted by Crippen LogP contribution is 2.33. The lowest BCUT2D eigenvalue weighted by Crippen LogP contribution is -2.30. The Morgan fingerprint density at radius 1 is 1.29 bits per heavy atom. The molecule has 7 heteroatoms. The van der Waals surface area contributed by atoms with Gasteiger partial charge in [-0.3, -0.25) is 0 Å². The molecule has 0 bridgehead atoms. The maximum atomic E-state index is 12.2. The first-order chi connectivity index (χ1) is 9.68. The number of thiazole rings is 1. The van der Waals surface area contributed by atoms with Crippen molar-refractivity contribution in [2.24, 2.45) is 0 Å². The maximum Gasteiger partial charge on any atom is 0.573 e. The Hall–Kier alpha value is -1.50. The molecular weight excluding hydrogens is 301 g/mol. The van der Waals surface area contributed by atoms with Gasteiger partial charge in [0.25, 0.3) is 0 Å². The summed E-state index contributed by atoms with van der Waals surface area (Å²) in [7, 11) is 0. The van der Waals surface area contributed by atoms with Gasteiger partial charge in [0.1, 0.15) is 5.75 Å². The van der Waals surface area contributed by atoms with E-state index in [9.17, 15) is 13.2 Å². The molecule has 0 aliphatic carbocycles. The number of hydrogen-bond donors (Lipinski definition) is 1. The van der Waals surface area contributed by atoms with Crippen LogP contribution in [-0.4, -0.2) is 16.9 Å². The molecule has 1 N–H and O–H groups in total. The van der Waals surface area contributed by atoms with Crippen molar-refractivity contribution < 1.29 is 17.9 Å². The van der Waals surface area contributed by atoms with Gasteiger partial charge >= 0.3 is 6.36 Å². The van der Waals surface area contributed by atoms with Crippen molar-refractivity contribution in [1.82, 2.24) is 4.98 Å². The SMILES string of the molecule is CCCC(C)(C)Nc1nc2ccc(OC(F)(F)F)cc2s1. The van der Waals surface area contributed by atoms with Crippen LogP contribution in [-0.2, 0) is 0 Å². The molecule has 0 atom stereocenters. The van der Waals surface area contributed by atoms with Gasteiger partial charge in [0.15, 0.2) is 5.13 Å². The zero-order valence-corrected chi connectivity index (χ0v) is 12.9. The second-order valence-corrected chi connectivity index (χ2v) is 6.49. The smallest absolute Gasteiger partial charge is 0.406 e. The quantitative estimate of drug-likeness (QED) is 0.824. The minimum Gasteiger partial charge on any atom is -0.406 e. The van der Waals surface area contributed by atoms with Crippen molar-refractivity contribution in [3.63, 3.8) is 0 Å². The van der Waals surface area contributed by atoms with E-state index >= 15 is 0 Å². The molecule has 2 aromatic rings. The standard InChI is InChI=1S/C14H17F3N2OS/c1-4-7-13(2,3)19-12-18-10-6-5-9(8-11(10)21-12)20-14(15,16)17/h5-6,8H,4,7H2,1-3H3,(H,18,19). The van der Waals surface area contributed by atoms with E-state index in [4.69, 9.17) is 0 Å². The highest BCUT2D eigenvalue weighted by Gasteiger charge is 2.31. The van der Waals surface area contributed by atoms with E-state index in [1.165, 1.54) is 29.5 Å². The number of fused-ring (bicyclic) bond motifs is 1. The average Bonchev–Trinajstić information content (AvgIpc) is 2.66. The van der Waals surface area contributed by atoms with Crippen LogP contribution in [0.3, 0.4) is 0 Å². The number of benzene rings is 1. The van der Waals surface area contributed by atoms with Gasteiger partial charge in [-0.2, -0.15) is 0 Å². The first-order valence-electron chi connectivity index (χ1n) is 6.63. The molecule has 0 spiro atoms. The van der Waals surface area contributed by atoms with Crippen LogP contribution in [0, 0.1) is 0 Å². The molecule has 2 rings (SSSR count). The fraction of sp³-hybridized carbons (Fsp3) is 0.500. The summed E-state index contributed by atoms with van der Waals surface area (Å²) in [6, 6.07) is 4.17. The predicted molar refractivity (Wildman–Crippen MR) is 78.9 cm³/mol. The van der Waals surface area contributed by atoms with E-state index in [2.05, 4.69) is 35.8 Å². The maximum absolute atomic E-state index is 12.2. The van der Waals surface area contributed by atoms with E-state index in [1.807, 2.05) is 0 Å². The van der Waals surface area contributed by atoms with Crippen molar-refractivity contribution in [2.75, 3.05) is 5.32 Å². The molecular formula is C14H17F3N2OS. The van der Waals surface area contributed by atoms with Crippen LogP contribution in [0.25, 0.3) is 10.2 Å². The summed E-state index contributed by atoms with van der Waals surface area (Å²) in [5.74, 6) is -0.224. The van der Waals surface area contributed by atoms with Crippen LogP contribution in [0.1, 0.15) is 33.6 Å². The van der Waals surface area contributed by atoms with Crippen molar-refractivity contribution in [1.29, 1.82) is 0 Å². The van der Waals surface area contributed by atoms with Gasteiger partial charge in [0, 0.05) is 11.6 Å². The van der Waals surface area contributed by atoms with Crippen LogP contribution >= 0.6 is 11.3 Å². The summed E-state index contributed by atoms with van der Waals surface area (Å²) in [6.45, 7) is 6.24. The van der Waals surface area contributed by atoms with Gasteiger partial charge in [0.2, 0.25) is 0 Å². The van der Waals surface area contributed by atoms with Crippen LogP contribution in [0.15, 0.2) is 18.2 Å². The van der Waals surface area contributed by atoms with Gasteiger partial charge in [-0.05, 0) is 32.4 Å². The molecule has 1 heterocycles. The van der Waals surface area contributed by atoms with Gasteiger partial charge < -0.3 is 10.1 Å². The molecule has 0 saturated carbocycles. The molecule has 0 aliphatic rings. The number of halogens is 3. The molecule has 0 aliphatic heterocycles. The number of hydrogen-bond acceptors (Lipinski definition) is 4. The number of ether oxygens (including phenoxy) is 1. The largest absolute Gasteiger partial charge is 0.573 e. The lowest BCUT2D eigenvalue weighted by atomic mass is 10.00. The molecule has 1 aromatic carbocycles. The Labute approximate surface area is 125 Å². The highest BCUT2D eigenvalue weighted by atomic mass is 32.1. The van der Waals surface area contributed by atoms with Gasteiger partial charge in [-0.25, -0.2) is 4.98 Å². The first kappa shape index (κ1) is 15.9. The van der Waals surface area contributed by atoms with Crippen molar-refractivity contribution in [2.45, 2.75) is 45.5 Å². The van der Waals surface area contributed by atoms with Crippen LogP contribution < -0.4 is 10.1 Å². The second kappa shape index (κ2) is 5.71. The molecule has 3 nitrogen and oxygen atoms in total. The average molecular weight is 318 g/mol. The van der Waals surface area contributed by atoms with E-state index in [0.29, 0.717) is 15.3 Å². The zero-order valence-electron chi connectivity index (χ0n) is 12.0. The van der Waals surface area contributed by atoms with Gasteiger partial charge in [-0.15, -0.1) is 13.2 Å². The van der Waals surface area contributed by atoms with E-state index in [-0.39, 0.29) is 11.3 Å². The monoisotopic (exact) mass is 318 g/mol. The van der Waals surface area contributed by atoms with Crippen molar-refractivity contribution in [3.8, 4) is 5.75 Å². The van der Waals surface area contributed by atoms with Crippen LogP contribution in [0.5, 0.6) is 5.75 Å². The minimum absolute atomic E-state index is 0.103. The number of alkyl halides is 3. The first-order valence-corrected chi connectivity index (χ1v) is 7.45. The summed E-state index contributed by atoms with van der Waals surface area (Å²) in [4.78, 5) is 4.39. The van der Waals surface area contributed by atoms with Crippen molar-refractivity contribution >= 4 is 26.7 Å². The summed E-state index contributed by atoms with van der Waals surface area (Å²) < 4.78 is 41.2. The fourth-order valence-electron chi connectivity index (χ4n) is 2.13. The van der Waals surface area contributed by atoms with Gasteiger partial charge in [0.05, 0.1) is 10.2 Å². The normalized spacial score (nSPS) is 12.7. The third-order valence-electron chi connectivity index (χ3n) is 2.91. The molecule has 0 radical (unpaired) electrons. The fourth-order valence-corrected chi connectivity index (χ4v) is 3.21. The number of rotatable bonds is 5. The molecule has 21 heavy (non-hydrogen) atoms. The molecule has 0 saturated heterocycles. The Kier molecular flexibility index (Phi) is 4.32. The molecule has 0 amide bonds. The Morgan fingerprint density at radius 3 is 2.62 bits per heavy atom. The Balaban J connectivity index is 2.22. The summed E-state index contributed by atoms with van der Waals surface area (Å²) in [6.07, 6.45) is -2.66. The number of aromatic nitrogens is 1. The van der Waals surface area contributed by atoms with Crippen molar-refractivity contribution in [3.05, 3.63) is 18.2 Å². The van der Waals surface area contributed by atoms with Gasteiger partial charge in [-0.1, -0.05) is 24.7 Å². The van der Waals surface area contributed by atoms with Crippen LogP contribution in [0.4, 0.5) is 18.3 Å². The number of anilines is 1. The highest BCUT2D eigenvalue weighted by molar-refractivity contribution is 7.22. The number of nitrogens with zero attached hydrogens (tertiary/aromatic N) is 1. The predicted octanol–water partition coefficient (Wildman–Crippen LogP) is 5.19. The zero-order chi connectivity index (χ0) is 15.7. The Bertz CT molecular complexity index is 622. The third kappa shape index (κ3) is 4.49.